The molecule has 0 radical (unpaired) electrons. The molecular weight excluding hydrogens is 355 g/mol. The summed E-state index contributed by atoms with van der Waals surface area (Å²) < 4.78 is 31.1. The van der Waals surface area contributed by atoms with Crippen molar-refractivity contribution in [2.45, 2.75) is 33.5 Å². The number of carbonyl (C=O) groups is 1. The zero-order chi connectivity index (χ0) is 19.0. The molecule has 3 heterocycles. The summed E-state index contributed by atoms with van der Waals surface area (Å²) in [5, 5.41) is 4.27. The second-order valence-corrected chi connectivity index (χ2v) is 6.28. The molecule has 8 nitrogen and oxygen atoms in total. The first-order chi connectivity index (χ1) is 13.0. The van der Waals surface area contributed by atoms with Crippen LogP contribution < -0.4 is 4.74 Å². The normalized spacial score (nSPS) is 13.3. The first kappa shape index (κ1) is 17.3. The van der Waals surface area contributed by atoms with Crippen LogP contribution in [-0.4, -0.2) is 32.3 Å². The average molecular weight is 372 g/mol. The van der Waals surface area contributed by atoms with Crippen LogP contribution in [0.15, 0.2) is 18.2 Å². The van der Waals surface area contributed by atoms with Crippen molar-refractivity contribution >= 4 is 11.7 Å². The fourth-order valence-corrected chi connectivity index (χ4v) is 2.98. The van der Waals surface area contributed by atoms with Gasteiger partial charge in [0, 0.05) is 22.5 Å². The van der Waals surface area contributed by atoms with E-state index >= 15 is 0 Å². The maximum absolute atomic E-state index is 13.7. The first-order valence-electron chi connectivity index (χ1n) is 8.37. The van der Waals surface area contributed by atoms with Crippen LogP contribution >= 0.6 is 0 Å². The number of hydrogen-bond acceptors (Lipinski definition) is 7. The van der Waals surface area contributed by atoms with Gasteiger partial charge in [-0.1, -0.05) is 0 Å². The Balaban J connectivity index is 1.46. The van der Waals surface area contributed by atoms with Crippen LogP contribution in [0, 0.1) is 19.7 Å². The summed E-state index contributed by atoms with van der Waals surface area (Å²) in [6, 6.07) is 4.51. The van der Waals surface area contributed by atoms with Gasteiger partial charge in [-0.2, -0.15) is 4.98 Å². The van der Waals surface area contributed by atoms with Gasteiger partial charge in [0.15, 0.2) is 12.6 Å². The van der Waals surface area contributed by atoms with Gasteiger partial charge >= 0.3 is 5.97 Å². The summed E-state index contributed by atoms with van der Waals surface area (Å²) >= 11 is 0. The van der Waals surface area contributed by atoms with E-state index in [-0.39, 0.29) is 26.4 Å². The number of fused-ring (bicyclic) bond motifs is 2. The van der Waals surface area contributed by atoms with Crippen molar-refractivity contribution in [1.29, 1.82) is 0 Å². The lowest BCUT2D eigenvalue weighted by Crippen LogP contribution is -2.15. The molecule has 0 saturated heterocycles. The number of rotatable bonds is 4. The summed E-state index contributed by atoms with van der Waals surface area (Å²) in [4.78, 5) is 20.7. The molecule has 0 N–H and O–H groups in total. The molecule has 140 valence electrons. The summed E-state index contributed by atoms with van der Waals surface area (Å²) in [6.07, 6.45) is -0.108. The predicted octanol–water partition coefficient (Wildman–Crippen LogP) is 2.03. The van der Waals surface area contributed by atoms with Crippen LogP contribution in [0.2, 0.25) is 0 Å². The zero-order valence-corrected chi connectivity index (χ0v) is 14.9. The van der Waals surface area contributed by atoms with E-state index in [1.54, 1.807) is 4.52 Å². The van der Waals surface area contributed by atoms with Crippen LogP contribution in [0.1, 0.15) is 28.3 Å². The second kappa shape index (κ2) is 6.92. The number of halogens is 1. The summed E-state index contributed by atoms with van der Waals surface area (Å²) in [7, 11) is 0. The third-order valence-corrected chi connectivity index (χ3v) is 4.10. The lowest BCUT2D eigenvalue weighted by atomic mass is 10.1. The van der Waals surface area contributed by atoms with Crippen molar-refractivity contribution in [3.8, 4) is 5.75 Å². The molecule has 4 rings (SSSR count). The molecule has 1 aliphatic rings. The van der Waals surface area contributed by atoms with E-state index in [9.17, 15) is 9.18 Å². The Bertz CT molecular complexity index is 1030. The minimum Gasteiger partial charge on any atom is -0.467 e. The fourth-order valence-electron chi connectivity index (χ4n) is 2.98. The van der Waals surface area contributed by atoms with Gasteiger partial charge < -0.3 is 14.2 Å². The number of esters is 1. The molecule has 0 spiro atoms. The van der Waals surface area contributed by atoms with Gasteiger partial charge in [-0.15, -0.1) is 5.10 Å². The third-order valence-electron chi connectivity index (χ3n) is 4.10. The Labute approximate surface area is 153 Å². The Morgan fingerprint density at radius 3 is 3.00 bits per heavy atom. The highest BCUT2D eigenvalue weighted by molar-refractivity contribution is 5.71. The van der Waals surface area contributed by atoms with Crippen molar-refractivity contribution in [3.05, 3.63) is 52.4 Å². The van der Waals surface area contributed by atoms with Crippen molar-refractivity contribution < 1.29 is 23.4 Å². The Morgan fingerprint density at radius 2 is 2.15 bits per heavy atom. The van der Waals surface area contributed by atoms with Crippen LogP contribution in [0.25, 0.3) is 5.78 Å². The van der Waals surface area contributed by atoms with E-state index < -0.39 is 11.8 Å². The number of nitrogens with zero attached hydrogens (tertiary/aromatic N) is 4. The Morgan fingerprint density at radius 1 is 1.30 bits per heavy atom. The van der Waals surface area contributed by atoms with Crippen LogP contribution in [0.5, 0.6) is 5.75 Å². The number of hydrogen-bond donors (Lipinski definition) is 0. The Kier molecular flexibility index (Phi) is 4.44. The lowest BCUT2D eigenvalue weighted by Gasteiger charge is -2.20. The molecule has 0 unspecified atom stereocenters. The van der Waals surface area contributed by atoms with Crippen LogP contribution in [0.4, 0.5) is 4.39 Å². The summed E-state index contributed by atoms with van der Waals surface area (Å²) in [5.74, 6) is 0.282. The van der Waals surface area contributed by atoms with E-state index in [1.165, 1.54) is 12.1 Å². The van der Waals surface area contributed by atoms with E-state index in [4.69, 9.17) is 14.2 Å². The largest absolute Gasteiger partial charge is 0.467 e. The zero-order valence-electron chi connectivity index (χ0n) is 14.9. The van der Waals surface area contributed by atoms with Crippen LogP contribution in [0.3, 0.4) is 0 Å². The van der Waals surface area contributed by atoms with Gasteiger partial charge in [0.1, 0.15) is 24.6 Å². The highest BCUT2D eigenvalue weighted by Crippen LogP contribution is 2.30. The molecule has 2 aromatic heterocycles. The molecule has 0 bridgehead atoms. The van der Waals surface area contributed by atoms with Crippen molar-refractivity contribution in [2.75, 3.05) is 6.79 Å². The number of benzene rings is 1. The van der Waals surface area contributed by atoms with Gasteiger partial charge in [-0.05, 0) is 32.0 Å². The molecule has 0 aliphatic carbocycles. The lowest BCUT2D eigenvalue weighted by molar-refractivity contribution is -0.144. The van der Waals surface area contributed by atoms with Crippen molar-refractivity contribution in [3.63, 3.8) is 0 Å². The SMILES string of the molecule is Cc1cc(C)n2nc(CC(=O)OCc3cc(F)cc4c3OCOC4)nc2n1. The maximum Gasteiger partial charge on any atom is 0.313 e. The first-order valence-corrected chi connectivity index (χ1v) is 8.37. The van der Waals surface area contributed by atoms with Gasteiger partial charge in [0.25, 0.3) is 5.78 Å². The predicted molar refractivity (Wildman–Crippen MR) is 90.4 cm³/mol. The minimum absolute atomic E-state index is 0.0799. The van der Waals surface area contributed by atoms with Crippen molar-refractivity contribution in [2.24, 2.45) is 0 Å². The quantitative estimate of drug-likeness (QED) is 0.648. The monoisotopic (exact) mass is 372 g/mol. The molecule has 0 amide bonds. The Hall–Kier alpha value is -3.07. The van der Waals surface area contributed by atoms with E-state index in [0.717, 1.165) is 11.4 Å². The highest BCUT2D eigenvalue weighted by Gasteiger charge is 2.19. The topological polar surface area (TPSA) is 87.8 Å². The molecule has 3 aromatic rings. The number of carbonyl (C=O) groups excluding carboxylic acids is 1. The minimum atomic E-state index is -0.523. The van der Waals surface area contributed by atoms with Gasteiger partial charge in [0.2, 0.25) is 0 Å². The van der Waals surface area contributed by atoms with E-state index in [1.807, 2.05) is 19.9 Å². The molecular formula is C18H17FN4O4. The summed E-state index contributed by atoms with van der Waals surface area (Å²) in [5.41, 5.74) is 2.74. The number of aromatic nitrogens is 4. The molecule has 0 atom stereocenters. The van der Waals surface area contributed by atoms with Gasteiger partial charge in [-0.3, -0.25) is 4.79 Å². The third kappa shape index (κ3) is 3.59. The molecule has 9 heteroatoms. The smallest absolute Gasteiger partial charge is 0.313 e. The fraction of sp³-hybridized carbons (Fsp3) is 0.333. The highest BCUT2D eigenvalue weighted by atomic mass is 19.1. The van der Waals surface area contributed by atoms with Gasteiger partial charge in [0.05, 0.1) is 6.61 Å². The average Bonchev–Trinajstić information content (AvgIpc) is 3.02. The number of aryl methyl sites for hydroxylation is 2. The van der Waals surface area contributed by atoms with E-state index in [0.29, 0.717) is 28.5 Å². The summed E-state index contributed by atoms with van der Waals surface area (Å²) in [6.45, 7) is 3.97. The van der Waals surface area contributed by atoms with E-state index in [2.05, 4.69) is 15.1 Å². The maximum atomic E-state index is 13.7. The van der Waals surface area contributed by atoms with Gasteiger partial charge in [-0.25, -0.2) is 13.9 Å². The molecule has 1 aliphatic heterocycles. The molecule has 0 saturated carbocycles. The molecule has 1 aromatic carbocycles. The van der Waals surface area contributed by atoms with Crippen LogP contribution in [-0.2, 0) is 33.9 Å². The van der Waals surface area contributed by atoms with Crippen molar-refractivity contribution in [1.82, 2.24) is 19.6 Å². The molecule has 0 fully saturated rings. The number of ether oxygens (including phenoxy) is 3. The standard InChI is InChI=1S/C18H17FN4O4/c1-10-3-11(2)23-18(20-10)21-15(22-23)6-16(24)26-8-13-5-14(19)4-12-7-25-9-27-17(12)13/h3-5H,6-9H2,1-2H3. The second-order valence-electron chi connectivity index (χ2n) is 6.28. The molecule has 27 heavy (non-hydrogen) atoms.